The van der Waals surface area contributed by atoms with Gasteiger partial charge >= 0.3 is 0 Å². The summed E-state index contributed by atoms with van der Waals surface area (Å²) in [5, 5.41) is 1.23. The molecule has 1 N–H and O–H groups in total. The van der Waals surface area contributed by atoms with Gasteiger partial charge in [0, 0.05) is 11.2 Å². The molecule has 3 nitrogen and oxygen atoms in total. The third-order valence-electron chi connectivity index (χ3n) is 2.16. The Bertz CT molecular complexity index is 434. The molecule has 0 unspecified atom stereocenters. The van der Waals surface area contributed by atoms with Crippen LogP contribution < -0.4 is 0 Å². The van der Waals surface area contributed by atoms with Gasteiger partial charge in [-0.15, -0.1) is 0 Å². The summed E-state index contributed by atoms with van der Waals surface area (Å²) in [5.41, 5.74) is 3.41. The fourth-order valence-corrected chi connectivity index (χ4v) is 1.54. The molecule has 2 rings (SSSR count). The Morgan fingerprint density at radius 3 is 2.93 bits per heavy atom. The predicted molar refractivity (Wildman–Crippen MR) is 54.8 cm³/mol. The van der Waals surface area contributed by atoms with Crippen molar-refractivity contribution >= 4 is 10.9 Å². The number of H-pyrrole nitrogens is 1. The van der Waals surface area contributed by atoms with Crippen LogP contribution in [0.3, 0.4) is 0 Å². The van der Waals surface area contributed by atoms with Crippen LogP contribution in [0.1, 0.15) is 11.3 Å². The maximum Gasteiger partial charge on any atom is 0.107 e. The van der Waals surface area contributed by atoms with E-state index < -0.39 is 0 Å². The van der Waals surface area contributed by atoms with Crippen LogP contribution in [-0.4, -0.2) is 12.1 Å². The number of hydrogen-bond donors (Lipinski definition) is 1. The molecule has 0 aliphatic rings. The van der Waals surface area contributed by atoms with Gasteiger partial charge in [-0.25, -0.2) is 9.78 Å². The molecule has 2 aromatic rings. The zero-order valence-electron chi connectivity index (χ0n) is 8.33. The maximum atomic E-state index is 4.86. The molecule has 14 heavy (non-hydrogen) atoms. The van der Waals surface area contributed by atoms with E-state index in [1.807, 2.05) is 13.0 Å². The summed E-state index contributed by atoms with van der Waals surface area (Å²) in [6.07, 6.45) is 0. The number of fused-ring (bicyclic) bond motifs is 1. The highest BCUT2D eigenvalue weighted by Crippen LogP contribution is 2.17. The summed E-state index contributed by atoms with van der Waals surface area (Å²) in [6.45, 7) is 2.52. The van der Waals surface area contributed by atoms with Gasteiger partial charge < -0.3 is 4.98 Å². The van der Waals surface area contributed by atoms with Gasteiger partial charge in [0.25, 0.3) is 0 Å². The Morgan fingerprint density at radius 1 is 1.29 bits per heavy atom. The number of aromatic amines is 1. The van der Waals surface area contributed by atoms with Crippen molar-refractivity contribution < 1.29 is 9.78 Å². The number of hydrogen-bond acceptors (Lipinski definition) is 2. The van der Waals surface area contributed by atoms with E-state index in [0.29, 0.717) is 6.61 Å². The highest BCUT2D eigenvalue weighted by molar-refractivity contribution is 5.80. The lowest BCUT2D eigenvalue weighted by molar-refractivity contribution is -0.282. The lowest BCUT2D eigenvalue weighted by Crippen LogP contribution is -1.90. The fourth-order valence-electron chi connectivity index (χ4n) is 1.54. The average Bonchev–Trinajstić information content (AvgIpc) is 2.54. The number of aromatic nitrogens is 1. The molecular formula is C11H13NO2. The molecule has 1 aromatic carbocycles. The first kappa shape index (κ1) is 9.24. The molecule has 0 aliphatic carbocycles. The van der Waals surface area contributed by atoms with Crippen molar-refractivity contribution in [2.45, 2.75) is 13.5 Å². The normalized spacial score (nSPS) is 11.0. The molecule has 1 heterocycles. The summed E-state index contributed by atoms with van der Waals surface area (Å²) >= 11 is 0. The highest BCUT2D eigenvalue weighted by atomic mass is 17.2. The molecule has 1 aromatic heterocycles. The molecular weight excluding hydrogens is 178 g/mol. The van der Waals surface area contributed by atoms with Gasteiger partial charge in [0.15, 0.2) is 0 Å². The standard InChI is InChI=1S/C11H13NO2/c1-8-5-10-4-3-9(7-14-13-2)6-11(10)12-8/h3-6,12H,7H2,1-2H3. The summed E-state index contributed by atoms with van der Waals surface area (Å²) in [7, 11) is 1.51. The summed E-state index contributed by atoms with van der Waals surface area (Å²) in [5.74, 6) is 0. The van der Waals surface area contributed by atoms with Crippen molar-refractivity contribution in [2.75, 3.05) is 7.11 Å². The van der Waals surface area contributed by atoms with E-state index in [9.17, 15) is 0 Å². The number of nitrogens with one attached hydrogen (secondary N) is 1. The lowest BCUT2D eigenvalue weighted by Gasteiger charge is -2.00. The van der Waals surface area contributed by atoms with Gasteiger partial charge in [0.1, 0.15) is 6.61 Å². The van der Waals surface area contributed by atoms with Gasteiger partial charge in [-0.2, -0.15) is 0 Å². The van der Waals surface area contributed by atoms with Crippen LogP contribution in [0.15, 0.2) is 24.3 Å². The SMILES string of the molecule is COOCc1ccc2cc(C)[nH]c2c1. The minimum Gasteiger partial charge on any atom is -0.359 e. The second-order valence-corrected chi connectivity index (χ2v) is 3.30. The van der Waals surface area contributed by atoms with Gasteiger partial charge in [0.2, 0.25) is 0 Å². The zero-order valence-corrected chi connectivity index (χ0v) is 8.33. The molecule has 0 atom stereocenters. The Balaban J connectivity index is 2.31. The van der Waals surface area contributed by atoms with E-state index in [1.165, 1.54) is 18.2 Å². The van der Waals surface area contributed by atoms with Crippen molar-refractivity contribution in [1.29, 1.82) is 0 Å². The van der Waals surface area contributed by atoms with Gasteiger partial charge in [-0.3, -0.25) is 0 Å². The molecule has 0 fully saturated rings. The molecule has 0 amide bonds. The summed E-state index contributed by atoms with van der Waals surface area (Å²) < 4.78 is 0. The van der Waals surface area contributed by atoms with Crippen molar-refractivity contribution in [2.24, 2.45) is 0 Å². The van der Waals surface area contributed by atoms with Crippen LogP contribution in [0.25, 0.3) is 10.9 Å². The monoisotopic (exact) mass is 191 g/mol. The number of rotatable bonds is 3. The van der Waals surface area contributed by atoms with E-state index in [1.54, 1.807) is 0 Å². The topological polar surface area (TPSA) is 34.2 Å². The summed E-state index contributed by atoms with van der Waals surface area (Å²) in [6, 6.07) is 8.31. The molecule has 0 aliphatic heterocycles. The number of aryl methyl sites for hydroxylation is 1. The maximum absolute atomic E-state index is 4.86. The van der Waals surface area contributed by atoms with Crippen LogP contribution >= 0.6 is 0 Å². The van der Waals surface area contributed by atoms with Crippen LogP contribution in [-0.2, 0) is 16.4 Å². The predicted octanol–water partition coefficient (Wildman–Crippen LogP) is 2.55. The van der Waals surface area contributed by atoms with Crippen molar-refractivity contribution in [3.8, 4) is 0 Å². The lowest BCUT2D eigenvalue weighted by atomic mass is 10.2. The van der Waals surface area contributed by atoms with E-state index >= 15 is 0 Å². The van der Waals surface area contributed by atoms with E-state index in [-0.39, 0.29) is 0 Å². The molecule has 74 valence electrons. The molecule has 0 bridgehead atoms. The first-order valence-electron chi connectivity index (χ1n) is 4.53. The quantitative estimate of drug-likeness (QED) is 0.597. The van der Waals surface area contributed by atoms with Crippen molar-refractivity contribution in [3.05, 3.63) is 35.5 Å². The van der Waals surface area contributed by atoms with Crippen molar-refractivity contribution in [3.63, 3.8) is 0 Å². The smallest absolute Gasteiger partial charge is 0.107 e. The largest absolute Gasteiger partial charge is 0.359 e. The van der Waals surface area contributed by atoms with Crippen LogP contribution in [0.2, 0.25) is 0 Å². The fraction of sp³-hybridized carbons (Fsp3) is 0.273. The molecule has 0 radical (unpaired) electrons. The first-order valence-corrected chi connectivity index (χ1v) is 4.53. The average molecular weight is 191 g/mol. The molecule has 3 heteroatoms. The number of benzene rings is 1. The van der Waals surface area contributed by atoms with Crippen LogP contribution in [0.4, 0.5) is 0 Å². The van der Waals surface area contributed by atoms with Gasteiger partial charge in [-0.1, -0.05) is 12.1 Å². The second kappa shape index (κ2) is 3.82. The Kier molecular flexibility index (Phi) is 2.52. The highest BCUT2D eigenvalue weighted by Gasteiger charge is 1.99. The van der Waals surface area contributed by atoms with E-state index in [4.69, 9.17) is 4.89 Å². The van der Waals surface area contributed by atoms with Crippen molar-refractivity contribution in [1.82, 2.24) is 4.98 Å². The minimum absolute atomic E-state index is 0.477. The zero-order chi connectivity index (χ0) is 9.97. The summed E-state index contributed by atoms with van der Waals surface area (Å²) in [4.78, 5) is 12.7. The van der Waals surface area contributed by atoms with Gasteiger partial charge in [-0.05, 0) is 30.0 Å². The Hall–Kier alpha value is -1.32. The third-order valence-corrected chi connectivity index (χ3v) is 2.16. The third kappa shape index (κ3) is 1.78. The minimum atomic E-state index is 0.477. The molecule has 0 saturated carbocycles. The van der Waals surface area contributed by atoms with Crippen LogP contribution in [0, 0.1) is 6.92 Å². The van der Waals surface area contributed by atoms with Crippen LogP contribution in [0.5, 0.6) is 0 Å². The van der Waals surface area contributed by atoms with Gasteiger partial charge in [0.05, 0.1) is 7.11 Å². The Morgan fingerprint density at radius 2 is 2.14 bits per heavy atom. The van der Waals surface area contributed by atoms with E-state index in [2.05, 4.69) is 28.1 Å². The van der Waals surface area contributed by atoms with E-state index in [0.717, 1.165) is 11.1 Å². The first-order chi connectivity index (χ1) is 6.79. The Labute approximate surface area is 82.6 Å². The molecule has 0 saturated heterocycles. The second-order valence-electron chi connectivity index (χ2n) is 3.30. The molecule has 0 spiro atoms.